The van der Waals surface area contributed by atoms with E-state index in [1.165, 1.54) is 16.7 Å². The van der Waals surface area contributed by atoms with Crippen molar-refractivity contribution in [3.8, 4) is 5.75 Å². The number of rotatable bonds is 2. The molecule has 0 aliphatic carbocycles. The molecular formula is C18H20O. The molecule has 3 rings (SSSR count). The third-order valence-corrected chi connectivity index (χ3v) is 3.82. The molecule has 1 aliphatic heterocycles. The molecule has 19 heavy (non-hydrogen) atoms. The fourth-order valence-corrected chi connectivity index (χ4v) is 2.95. The molecule has 2 aromatic rings. The molecule has 0 aromatic heterocycles. The Labute approximate surface area is 115 Å². The van der Waals surface area contributed by atoms with Crippen molar-refractivity contribution in [2.75, 3.05) is 0 Å². The van der Waals surface area contributed by atoms with Crippen molar-refractivity contribution in [1.29, 1.82) is 0 Å². The topological polar surface area (TPSA) is 9.23 Å². The predicted molar refractivity (Wildman–Crippen MR) is 78.5 cm³/mol. The summed E-state index contributed by atoms with van der Waals surface area (Å²) in [5.74, 6) is 2.17. The Morgan fingerprint density at radius 1 is 1.00 bits per heavy atom. The summed E-state index contributed by atoms with van der Waals surface area (Å²) in [6, 6.07) is 17.2. The molecule has 98 valence electrons. The standard InChI is InChI=1S/C18H20O/c1-13(2)11-17-15-8-4-3-7-14(15)12-19-18-10-6-5-9-16(17)18/h3-10,13,17H,11-12H2,1-2H3. The summed E-state index contributed by atoms with van der Waals surface area (Å²) in [4.78, 5) is 0. The highest BCUT2D eigenvalue weighted by molar-refractivity contribution is 5.46. The van der Waals surface area contributed by atoms with Gasteiger partial charge in [0.05, 0.1) is 0 Å². The first kappa shape index (κ1) is 12.3. The third kappa shape index (κ3) is 2.37. The Bertz CT molecular complexity index is 524. The van der Waals surface area contributed by atoms with Crippen molar-refractivity contribution in [3.05, 3.63) is 65.2 Å². The monoisotopic (exact) mass is 252 g/mol. The van der Waals surface area contributed by atoms with Gasteiger partial charge in [-0.1, -0.05) is 56.3 Å². The molecule has 0 saturated carbocycles. The minimum Gasteiger partial charge on any atom is -0.489 e. The van der Waals surface area contributed by atoms with E-state index in [-0.39, 0.29) is 0 Å². The second kappa shape index (κ2) is 5.08. The van der Waals surface area contributed by atoms with Crippen LogP contribution in [-0.2, 0) is 6.61 Å². The van der Waals surface area contributed by atoms with Gasteiger partial charge in [0.25, 0.3) is 0 Å². The van der Waals surface area contributed by atoms with Crippen LogP contribution in [0, 0.1) is 5.92 Å². The number of hydrogen-bond donors (Lipinski definition) is 0. The van der Waals surface area contributed by atoms with Gasteiger partial charge in [0, 0.05) is 11.5 Å². The minimum atomic E-state index is 0.454. The Kier molecular flexibility index (Phi) is 3.29. The van der Waals surface area contributed by atoms with Crippen LogP contribution in [0.5, 0.6) is 5.75 Å². The van der Waals surface area contributed by atoms with E-state index in [1.54, 1.807) is 0 Å². The van der Waals surface area contributed by atoms with Crippen LogP contribution < -0.4 is 4.74 Å². The Morgan fingerprint density at radius 3 is 2.47 bits per heavy atom. The molecule has 1 unspecified atom stereocenters. The molecule has 0 radical (unpaired) electrons. The quantitative estimate of drug-likeness (QED) is 0.749. The average molecular weight is 252 g/mol. The van der Waals surface area contributed by atoms with Crippen LogP contribution in [0.3, 0.4) is 0 Å². The molecule has 0 amide bonds. The molecule has 2 aromatic carbocycles. The molecule has 0 saturated heterocycles. The van der Waals surface area contributed by atoms with Crippen molar-refractivity contribution in [2.24, 2.45) is 5.92 Å². The van der Waals surface area contributed by atoms with Crippen molar-refractivity contribution in [1.82, 2.24) is 0 Å². The van der Waals surface area contributed by atoms with Crippen molar-refractivity contribution < 1.29 is 4.74 Å². The van der Waals surface area contributed by atoms with E-state index in [4.69, 9.17) is 4.74 Å². The van der Waals surface area contributed by atoms with E-state index in [9.17, 15) is 0 Å². The van der Waals surface area contributed by atoms with E-state index >= 15 is 0 Å². The van der Waals surface area contributed by atoms with Gasteiger partial charge < -0.3 is 4.74 Å². The summed E-state index contributed by atoms with van der Waals surface area (Å²) in [5, 5.41) is 0. The second-order valence-electron chi connectivity index (χ2n) is 5.71. The minimum absolute atomic E-state index is 0.454. The van der Waals surface area contributed by atoms with E-state index in [2.05, 4.69) is 62.4 Å². The molecule has 0 spiro atoms. The SMILES string of the molecule is CC(C)CC1c2ccccc2COc2ccccc21. The van der Waals surface area contributed by atoms with E-state index in [0.717, 1.165) is 12.2 Å². The van der Waals surface area contributed by atoms with Gasteiger partial charge in [0.2, 0.25) is 0 Å². The maximum absolute atomic E-state index is 5.99. The first-order valence-electron chi connectivity index (χ1n) is 7.05. The van der Waals surface area contributed by atoms with Gasteiger partial charge in [0.1, 0.15) is 12.4 Å². The van der Waals surface area contributed by atoms with Gasteiger partial charge >= 0.3 is 0 Å². The number of fused-ring (bicyclic) bond motifs is 2. The lowest BCUT2D eigenvalue weighted by Gasteiger charge is -2.20. The van der Waals surface area contributed by atoms with Gasteiger partial charge in [-0.15, -0.1) is 0 Å². The summed E-state index contributed by atoms with van der Waals surface area (Å²) in [6.45, 7) is 5.26. The van der Waals surface area contributed by atoms with Gasteiger partial charge in [-0.25, -0.2) is 0 Å². The highest BCUT2D eigenvalue weighted by Gasteiger charge is 2.24. The summed E-state index contributed by atoms with van der Waals surface area (Å²) in [5.41, 5.74) is 4.09. The fourth-order valence-electron chi connectivity index (χ4n) is 2.95. The summed E-state index contributed by atoms with van der Waals surface area (Å²) in [7, 11) is 0. The normalized spacial score (nSPS) is 17.3. The van der Waals surface area contributed by atoms with E-state index in [0.29, 0.717) is 18.4 Å². The largest absolute Gasteiger partial charge is 0.489 e. The zero-order valence-electron chi connectivity index (χ0n) is 11.6. The molecule has 0 N–H and O–H groups in total. The highest BCUT2D eigenvalue weighted by Crippen LogP contribution is 2.40. The van der Waals surface area contributed by atoms with E-state index < -0.39 is 0 Å². The summed E-state index contributed by atoms with van der Waals surface area (Å²) in [6.07, 6.45) is 1.16. The average Bonchev–Trinajstić information content (AvgIpc) is 2.57. The van der Waals surface area contributed by atoms with Crippen molar-refractivity contribution in [3.63, 3.8) is 0 Å². The van der Waals surface area contributed by atoms with Crippen LogP contribution >= 0.6 is 0 Å². The van der Waals surface area contributed by atoms with Crippen LogP contribution in [0.1, 0.15) is 42.9 Å². The molecule has 0 fully saturated rings. The zero-order chi connectivity index (χ0) is 13.2. The lowest BCUT2D eigenvalue weighted by Crippen LogP contribution is -2.06. The number of para-hydroxylation sites is 1. The molecule has 1 heterocycles. The molecule has 1 nitrogen and oxygen atoms in total. The van der Waals surface area contributed by atoms with Crippen LogP contribution in [0.4, 0.5) is 0 Å². The Morgan fingerprint density at radius 2 is 1.68 bits per heavy atom. The maximum Gasteiger partial charge on any atom is 0.123 e. The van der Waals surface area contributed by atoms with Gasteiger partial charge in [-0.2, -0.15) is 0 Å². The van der Waals surface area contributed by atoms with Crippen LogP contribution in [-0.4, -0.2) is 0 Å². The lowest BCUT2D eigenvalue weighted by atomic mass is 9.83. The molecule has 1 aliphatic rings. The number of benzene rings is 2. The zero-order valence-corrected chi connectivity index (χ0v) is 11.6. The van der Waals surface area contributed by atoms with E-state index in [1.807, 2.05) is 0 Å². The van der Waals surface area contributed by atoms with Gasteiger partial charge in [-0.3, -0.25) is 0 Å². The van der Waals surface area contributed by atoms with Crippen LogP contribution in [0.25, 0.3) is 0 Å². The first-order chi connectivity index (χ1) is 9.25. The summed E-state index contributed by atoms with van der Waals surface area (Å²) >= 11 is 0. The van der Waals surface area contributed by atoms with Crippen LogP contribution in [0.15, 0.2) is 48.5 Å². The molecular weight excluding hydrogens is 232 g/mol. The number of ether oxygens (including phenoxy) is 1. The first-order valence-corrected chi connectivity index (χ1v) is 7.05. The van der Waals surface area contributed by atoms with Gasteiger partial charge in [-0.05, 0) is 29.5 Å². The third-order valence-electron chi connectivity index (χ3n) is 3.82. The fraction of sp³-hybridized carbons (Fsp3) is 0.333. The number of hydrogen-bond acceptors (Lipinski definition) is 1. The highest BCUT2D eigenvalue weighted by atomic mass is 16.5. The van der Waals surface area contributed by atoms with Gasteiger partial charge in [0.15, 0.2) is 0 Å². The predicted octanol–water partition coefficient (Wildman–Crippen LogP) is 4.76. The molecule has 1 heteroatoms. The second-order valence-corrected chi connectivity index (χ2v) is 5.71. The molecule has 1 atom stereocenters. The Hall–Kier alpha value is -1.76. The lowest BCUT2D eigenvalue weighted by molar-refractivity contribution is 0.306. The smallest absolute Gasteiger partial charge is 0.123 e. The Balaban J connectivity index is 2.13. The van der Waals surface area contributed by atoms with Crippen LogP contribution in [0.2, 0.25) is 0 Å². The molecule has 0 bridgehead atoms. The van der Waals surface area contributed by atoms with Crippen molar-refractivity contribution >= 4 is 0 Å². The summed E-state index contributed by atoms with van der Waals surface area (Å²) < 4.78 is 5.99. The maximum atomic E-state index is 5.99. The van der Waals surface area contributed by atoms with Crippen molar-refractivity contribution in [2.45, 2.75) is 32.8 Å².